The van der Waals surface area contributed by atoms with E-state index in [0.717, 1.165) is 12.0 Å². The van der Waals surface area contributed by atoms with Crippen LogP contribution >= 0.6 is 0 Å². The van der Waals surface area contributed by atoms with Crippen LogP contribution in [0.5, 0.6) is 0 Å². The van der Waals surface area contributed by atoms with Crippen molar-refractivity contribution in [3.05, 3.63) is 48.6 Å². The van der Waals surface area contributed by atoms with Crippen molar-refractivity contribution in [1.82, 2.24) is 0 Å². The lowest BCUT2D eigenvalue weighted by Gasteiger charge is -2.46. The summed E-state index contributed by atoms with van der Waals surface area (Å²) in [6, 6.07) is 9.54. The number of hydrogen-bond donors (Lipinski definition) is 2. The van der Waals surface area contributed by atoms with Gasteiger partial charge in [0.1, 0.15) is 24.4 Å². The normalized spacial score (nSPS) is 38.3. The minimum Gasteiger partial charge on any atom is -0.388 e. The topological polar surface area (TPSA) is 68.2 Å². The molecule has 120 valence electrons. The van der Waals surface area contributed by atoms with Gasteiger partial charge in [0.2, 0.25) is 0 Å². The largest absolute Gasteiger partial charge is 0.388 e. The Morgan fingerprint density at radius 3 is 2.64 bits per heavy atom. The molecule has 22 heavy (non-hydrogen) atoms. The van der Waals surface area contributed by atoms with Crippen molar-refractivity contribution < 1.29 is 24.4 Å². The van der Waals surface area contributed by atoms with Crippen molar-refractivity contribution >= 4 is 0 Å². The van der Waals surface area contributed by atoms with E-state index in [9.17, 15) is 10.2 Å². The van der Waals surface area contributed by atoms with E-state index >= 15 is 0 Å². The highest BCUT2D eigenvalue weighted by Crippen LogP contribution is 2.34. The van der Waals surface area contributed by atoms with Crippen LogP contribution in [-0.2, 0) is 14.2 Å². The number of fused-ring (bicyclic) bond motifs is 1. The summed E-state index contributed by atoms with van der Waals surface area (Å²) in [4.78, 5) is 0. The maximum Gasteiger partial charge on any atom is 0.184 e. The van der Waals surface area contributed by atoms with Crippen LogP contribution in [0, 0.1) is 0 Å². The highest BCUT2D eigenvalue weighted by atomic mass is 16.7. The number of aliphatic hydroxyl groups is 2. The number of benzene rings is 1. The van der Waals surface area contributed by atoms with Gasteiger partial charge in [-0.1, -0.05) is 36.4 Å². The van der Waals surface area contributed by atoms with Crippen LogP contribution in [0.4, 0.5) is 0 Å². The molecule has 0 radical (unpaired) electrons. The quantitative estimate of drug-likeness (QED) is 0.826. The second-order valence-electron chi connectivity index (χ2n) is 5.74. The van der Waals surface area contributed by atoms with Crippen LogP contribution in [0.3, 0.4) is 0 Å². The first-order chi connectivity index (χ1) is 10.7. The van der Waals surface area contributed by atoms with E-state index in [2.05, 4.69) is 6.58 Å². The molecule has 1 aromatic rings. The number of allylic oxidation sites excluding steroid dienone is 1. The number of aliphatic hydroxyl groups excluding tert-OH is 2. The van der Waals surface area contributed by atoms with Crippen LogP contribution in [0.1, 0.15) is 24.7 Å². The molecule has 2 saturated heterocycles. The summed E-state index contributed by atoms with van der Waals surface area (Å²) in [6.07, 6.45) is -0.755. The van der Waals surface area contributed by atoms with Gasteiger partial charge >= 0.3 is 0 Å². The number of hydrogen-bond acceptors (Lipinski definition) is 5. The first kappa shape index (κ1) is 15.6. The molecule has 0 aliphatic carbocycles. The Hall–Kier alpha value is -1.24. The van der Waals surface area contributed by atoms with Crippen molar-refractivity contribution in [2.45, 2.75) is 49.7 Å². The molecule has 3 rings (SSSR count). The van der Waals surface area contributed by atoms with Gasteiger partial charge in [0.15, 0.2) is 6.29 Å². The van der Waals surface area contributed by atoms with Gasteiger partial charge in [0.25, 0.3) is 0 Å². The predicted octanol–water partition coefficient (Wildman–Crippen LogP) is 1.56. The molecule has 0 amide bonds. The third kappa shape index (κ3) is 3.09. The number of rotatable bonds is 4. The zero-order valence-electron chi connectivity index (χ0n) is 12.4. The second kappa shape index (κ2) is 6.89. The molecule has 2 heterocycles. The molecule has 0 unspecified atom stereocenters. The molecule has 0 saturated carbocycles. The van der Waals surface area contributed by atoms with Crippen LogP contribution in [-0.4, -0.2) is 47.3 Å². The molecule has 2 N–H and O–H groups in total. The fourth-order valence-electron chi connectivity index (χ4n) is 2.99. The summed E-state index contributed by atoms with van der Waals surface area (Å²) >= 11 is 0. The highest BCUT2D eigenvalue weighted by molar-refractivity contribution is 5.16. The molecule has 5 heteroatoms. The predicted molar refractivity (Wildman–Crippen MR) is 80.1 cm³/mol. The standard InChI is InChI=1S/C17H22O5/c1-2-3-9-12-14(18)15(19)16-13(21-12)10-20-17(22-16)11-7-5-4-6-8-11/h2,4-8,12-19H,1,3,9-10H2/t12-,13+,14-,15+,16+,17+/m0/s1. The maximum absolute atomic E-state index is 10.4. The molecule has 0 bridgehead atoms. The van der Waals surface area contributed by atoms with E-state index in [1.54, 1.807) is 6.08 Å². The zero-order chi connectivity index (χ0) is 15.5. The van der Waals surface area contributed by atoms with Crippen LogP contribution in [0.2, 0.25) is 0 Å². The highest BCUT2D eigenvalue weighted by Gasteiger charge is 2.48. The van der Waals surface area contributed by atoms with Gasteiger partial charge < -0.3 is 24.4 Å². The van der Waals surface area contributed by atoms with Crippen molar-refractivity contribution in [1.29, 1.82) is 0 Å². The fourth-order valence-corrected chi connectivity index (χ4v) is 2.99. The second-order valence-corrected chi connectivity index (χ2v) is 5.74. The average molecular weight is 306 g/mol. The van der Waals surface area contributed by atoms with E-state index < -0.39 is 30.7 Å². The van der Waals surface area contributed by atoms with Crippen molar-refractivity contribution in [2.75, 3.05) is 6.61 Å². The van der Waals surface area contributed by atoms with Crippen molar-refractivity contribution in [3.63, 3.8) is 0 Å². The zero-order valence-corrected chi connectivity index (χ0v) is 12.4. The Labute approximate surface area is 130 Å². The van der Waals surface area contributed by atoms with Gasteiger partial charge in [0.05, 0.1) is 12.7 Å². The molecular formula is C17H22O5. The summed E-state index contributed by atoms with van der Waals surface area (Å²) in [5, 5.41) is 20.6. The minimum atomic E-state index is -0.983. The molecule has 2 aliphatic rings. The van der Waals surface area contributed by atoms with Crippen LogP contribution < -0.4 is 0 Å². The fraction of sp³-hybridized carbons (Fsp3) is 0.529. The lowest BCUT2D eigenvalue weighted by molar-refractivity contribution is -0.328. The Balaban J connectivity index is 1.69. The summed E-state index contributed by atoms with van der Waals surface area (Å²) in [7, 11) is 0. The van der Waals surface area contributed by atoms with E-state index in [4.69, 9.17) is 14.2 Å². The van der Waals surface area contributed by atoms with Gasteiger partial charge in [-0.15, -0.1) is 6.58 Å². The summed E-state index contributed by atoms with van der Waals surface area (Å²) in [5.74, 6) is 0. The lowest BCUT2D eigenvalue weighted by Crippen LogP contribution is -2.61. The molecule has 2 fully saturated rings. The Bertz CT molecular complexity index is 489. The SMILES string of the molecule is C=CCC[C@@H]1O[C@@H]2CO[C@@H](c3ccccc3)O[C@H]2[C@H](O)[C@H]1O. The molecule has 2 aliphatic heterocycles. The molecule has 5 nitrogen and oxygen atoms in total. The molecular weight excluding hydrogens is 284 g/mol. The van der Waals surface area contributed by atoms with E-state index in [0.29, 0.717) is 13.0 Å². The van der Waals surface area contributed by atoms with E-state index in [1.165, 1.54) is 0 Å². The van der Waals surface area contributed by atoms with Gasteiger partial charge in [-0.2, -0.15) is 0 Å². The third-order valence-electron chi connectivity index (χ3n) is 4.20. The molecule has 6 atom stereocenters. The van der Waals surface area contributed by atoms with Gasteiger partial charge in [-0.25, -0.2) is 0 Å². The van der Waals surface area contributed by atoms with E-state index in [-0.39, 0.29) is 6.10 Å². The summed E-state index contributed by atoms with van der Waals surface area (Å²) in [5.41, 5.74) is 0.886. The summed E-state index contributed by atoms with van der Waals surface area (Å²) in [6.45, 7) is 4.00. The molecule has 0 aromatic heterocycles. The van der Waals surface area contributed by atoms with E-state index in [1.807, 2.05) is 30.3 Å². The first-order valence-corrected chi connectivity index (χ1v) is 7.65. The number of ether oxygens (including phenoxy) is 3. The Morgan fingerprint density at radius 1 is 1.14 bits per heavy atom. The average Bonchev–Trinajstić information content (AvgIpc) is 2.57. The summed E-state index contributed by atoms with van der Waals surface area (Å²) < 4.78 is 17.4. The van der Waals surface area contributed by atoms with Gasteiger partial charge in [-0.05, 0) is 12.8 Å². The van der Waals surface area contributed by atoms with Gasteiger partial charge in [0, 0.05) is 5.56 Å². The minimum absolute atomic E-state index is 0.332. The molecule has 0 spiro atoms. The smallest absolute Gasteiger partial charge is 0.184 e. The first-order valence-electron chi connectivity index (χ1n) is 7.65. The maximum atomic E-state index is 10.4. The van der Waals surface area contributed by atoms with Crippen LogP contribution in [0.25, 0.3) is 0 Å². The Morgan fingerprint density at radius 2 is 1.91 bits per heavy atom. The molecule has 1 aromatic carbocycles. The lowest BCUT2D eigenvalue weighted by atomic mass is 9.92. The third-order valence-corrected chi connectivity index (χ3v) is 4.20. The van der Waals surface area contributed by atoms with Gasteiger partial charge in [-0.3, -0.25) is 0 Å². The monoisotopic (exact) mass is 306 g/mol. The van der Waals surface area contributed by atoms with Crippen molar-refractivity contribution in [3.8, 4) is 0 Å². The van der Waals surface area contributed by atoms with Crippen molar-refractivity contribution in [2.24, 2.45) is 0 Å². The Kier molecular flexibility index (Phi) is 4.90. The van der Waals surface area contributed by atoms with Crippen LogP contribution in [0.15, 0.2) is 43.0 Å².